The predicted molar refractivity (Wildman–Crippen MR) is 71.5 cm³/mol. The lowest BCUT2D eigenvalue weighted by Gasteiger charge is -2.08. The monoisotopic (exact) mass is 259 g/mol. The molecule has 1 amide bonds. The summed E-state index contributed by atoms with van der Waals surface area (Å²) in [6.07, 6.45) is 3.90. The summed E-state index contributed by atoms with van der Waals surface area (Å²) in [7, 11) is 0. The number of halogens is 1. The van der Waals surface area contributed by atoms with Crippen LogP contribution in [0.4, 0.5) is 15.8 Å². The third-order valence-corrected chi connectivity index (χ3v) is 3.13. The molecule has 3 N–H and O–H groups in total. The molecule has 0 aliphatic heterocycles. The zero-order chi connectivity index (χ0) is 13.4. The van der Waals surface area contributed by atoms with Gasteiger partial charge in [0.05, 0.1) is 5.69 Å². The molecular weight excluding hydrogens is 245 g/mol. The van der Waals surface area contributed by atoms with Crippen molar-refractivity contribution in [2.75, 3.05) is 11.1 Å². The van der Waals surface area contributed by atoms with Crippen molar-refractivity contribution in [2.24, 2.45) is 0 Å². The molecule has 1 aliphatic carbocycles. The number of benzene rings is 1. The topological polar surface area (TPSA) is 60.1 Å². The highest BCUT2D eigenvalue weighted by Crippen LogP contribution is 2.37. The molecule has 0 unspecified atom stereocenters. The maximum Gasteiger partial charge on any atom is 0.272 e. The van der Waals surface area contributed by atoms with E-state index in [-0.39, 0.29) is 11.7 Å². The Kier molecular flexibility index (Phi) is 2.74. The fourth-order valence-corrected chi connectivity index (χ4v) is 2.10. The quantitative estimate of drug-likeness (QED) is 0.890. The molecule has 1 saturated carbocycles. The summed E-state index contributed by atoms with van der Waals surface area (Å²) in [4.78, 5) is 12.2. The highest BCUT2D eigenvalue weighted by molar-refractivity contribution is 6.03. The minimum Gasteiger partial charge on any atom is -0.397 e. The van der Waals surface area contributed by atoms with Gasteiger partial charge in [-0.2, -0.15) is 0 Å². The smallest absolute Gasteiger partial charge is 0.272 e. The van der Waals surface area contributed by atoms with Crippen molar-refractivity contribution >= 4 is 17.3 Å². The Labute approximate surface area is 110 Å². The SMILES string of the molecule is Nc1cc(C(=O)Nc2cccc(F)c2)n(C2CC2)c1. The third kappa shape index (κ3) is 2.45. The van der Waals surface area contributed by atoms with Crippen LogP contribution in [0.5, 0.6) is 0 Å². The zero-order valence-corrected chi connectivity index (χ0v) is 10.3. The van der Waals surface area contributed by atoms with Gasteiger partial charge in [0.25, 0.3) is 5.91 Å². The molecule has 0 saturated heterocycles. The van der Waals surface area contributed by atoms with E-state index < -0.39 is 0 Å². The Hall–Kier alpha value is -2.30. The molecule has 1 heterocycles. The van der Waals surface area contributed by atoms with Crippen LogP contribution in [-0.4, -0.2) is 10.5 Å². The summed E-state index contributed by atoms with van der Waals surface area (Å²) in [6.45, 7) is 0. The predicted octanol–water partition coefficient (Wildman–Crippen LogP) is 2.80. The van der Waals surface area contributed by atoms with Crippen LogP contribution in [0.15, 0.2) is 36.5 Å². The molecule has 1 aromatic heterocycles. The average Bonchev–Trinajstić information content (AvgIpc) is 3.12. The van der Waals surface area contributed by atoms with Gasteiger partial charge in [-0.15, -0.1) is 0 Å². The van der Waals surface area contributed by atoms with Crippen LogP contribution in [0.1, 0.15) is 29.4 Å². The Morgan fingerprint density at radius 3 is 2.84 bits per heavy atom. The summed E-state index contributed by atoms with van der Waals surface area (Å²) in [5.74, 6) is -0.649. The van der Waals surface area contributed by atoms with Crippen molar-refractivity contribution in [3.05, 3.63) is 48.0 Å². The van der Waals surface area contributed by atoms with E-state index in [0.717, 1.165) is 12.8 Å². The average molecular weight is 259 g/mol. The maximum absolute atomic E-state index is 13.1. The standard InChI is InChI=1S/C14H14FN3O/c15-9-2-1-3-11(6-9)17-14(19)13-7-10(16)8-18(13)12-4-5-12/h1-3,6-8,12H,4-5,16H2,(H,17,19). The molecule has 0 radical (unpaired) electrons. The fourth-order valence-electron chi connectivity index (χ4n) is 2.10. The van der Waals surface area contributed by atoms with Gasteiger partial charge in [0, 0.05) is 17.9 Å². The summed E-state index contributed by atoms with van der Waals surface area (Å²) in [5.41, 5.74) is 7.26. The zero-order valence-electron chi connectivity index (χ0n) is 10.3. The van der Waals surface area contributed by atoms with E-state index in [4.69, 9.17) is 5.73 Å². The Balaban J connectivity index is 1.84. The van der Waals surface area contributed by atoms with Crippen LogP contribution in [0, 0.1) is 5.82 Å². The number of nitrogen functional groups attached to an aromatic ring is 1. The van der Waals surface area contributed by atoms with Crippen molar-refractivity contribution in [3.8, 4) is 0 Å². The van der Waals surface area contributed by atoms with Crippen LogP contribution in [0.2, 0.25) is 0 Å². The summed E-state index contributed by atoms with van der Waals surface area (Å²) in [6, 6.07) is 7.83. The first kappa shape index (κ1) is 11.8. The van der Waals surface area contributed by atoms with Crippen molar-refractivity contribution < 1.29 is 9.18 Å². The summed E-state index contributed by atoms with van der Waals surface area (Å²) in [5, 5.41) is 2.68. The number of carbonyl (C=O) groups excluding carboxylic acids is 1. The molecule has 1 fully saturated rings. The molecule has 0 atom stereocenters. The van der Waals surface area contributed by atoms with E-state index in [2.05, 4.69) is 5.32 Å². The Bertz CT molecular complexity index is 631. The lowest BCUT2D eigenvalue weighted by atomic mass is 10.3. The van der Waals surface area contributed by atoms with Crippen LogP contribution in [-0.2, 0) is 0 Å². The van der Waals surface area contributed by atoms with Gasteiger partial charge in [-0.25, -0.2) is 4.39 Å². The molecule has 3 rings (SSSR count). The van der Waals surface area contributed by atoms with Gasteiger partial charge < -0.3 is 15.6 Å². The number of aromatic nitrogens is 1. The maximum atomic E-state index is 13.1. The number of rotatable bonds is 3. The molecule has 2 aromatic rings. The molecule has 98 valence electrons. The highest BCUT2D eigenvalue weighted by Gasteiger charge is 2.27. The third-order valence-electron chi connectivity index (χ3n) is 3.13. The van der Waals surface area contributed by atoms with Gasteiger partial charge in [0.2, 0.25) is 0 Å². The Morgan fingerprint density at radius 1 is 1.37 bits per heavy atom. The number of nitrogens with zero attached hydrogens (tertiary/aromatic N) is 1. The number of anilines is 2. The number of nitrogens with two attached hydrogens (primary N) is 1. The molecule has 0 spiro atoms. The number of carbonyl (C=O) groups is 1. The minimum absolute atomic E-state index is 0.269. The molecule has 19 heavy (non-hydrogen) atoms. The first-order valence-corrected chi connectivity index (χ1v) is 6.18. The second kappa shape index (κ2) is 4.42. The van der Waals surface area contributed by atoms with Gasteiger partial charge in [-0.1, -0.05) is 6.07 Å². The van der Waals surface area contributed by atoms with Crippen LogP contribution < -0.4 is 11.1 Å². The molecule has 0 bridgehead atoms. The van der Waals surface area contributed by atoms with Crippen molar-refractivity contribution in [3.63, 3.8) is 0 Å². The van der Waals surface area contributed by atoms with Gasteiger partial charge in [0.1, 0.15) is 11.5 Å². The van der Waals surface area contributed by atoms with Crippen LogP contribution in [0.3, 0.4) is 0 Å². The largest absolute Gasteiger partial charge is 0.397 e. The van der Waals surface area contributed by atoms with E-state index in [1.165, 1.54) is 12.1 Å². The number of hydrogen-bond acceptors (Lipinski definition) is 2. The Morgan fingerprint density at radius 2 is 2.16 bits per heavy atom. The fraction of sp³-hybridized carbons (Fsp3) is 0.214. The number of nitrogens with one attached hydrogen (secondary N) is 1. The first-order valence-electron chi connectivity index (χ1n) is 6.18. The summed E-state index contributed by atoms with van der Waals surface area (Å²) >= 11 is 0. The first-order chi connectivity index (χ1) is 9.13. The van der Waals surface area contributed by atoms with Gasteiger partial charge in [0.15, 0.2) is 0 Å². The van der Waals surface area contributed by atoms with E-state index in [1.807, 2.05) is 4.57 Å². The second-order valence-electron chi connectivity index (χ2n) is 4.76. The van der Waals surface area contributed by atoms with E-state index >= 15 is 0 Å². The number of amides is 1. The van der Waals surface area contributed by atoms with E-state index in [1.54, 1.807) is 24.4 Å². The molecule has 4 nitrogen and oxygen atoms in total. The molecular formula is C14H14FN3O. The summed E-state index contributed by atoms with van der Waals surface area (Å²) < 4.78 is 15.0. The van der Waals surface area contributed by atoms with Gasteiger partial charge >= 0.3 is 0 Å². The van der Waals surface area contributed by atoms with Crippen LogP contribution >= 0.6 is 0 Å². The van der Waals surface area contributed by atoms with Gasteiger partial charge in [-0.3, -0.25) is 4.79 Å². The lowest BCUT2D eigenvalue weighted by Crippen LogP contribution is -2.16. The molecule has 1 aliphatic rings. The highest BCUT2D eigenvalue weighted by atomic mass is 19.1. The van der Waals surface area contributed by atoms with Gasteiger partial charge in [-0.05, 0) is 37.1 Å². The second-order valence-corrected chi connectivity index (χ2v) is 4.76. The van der Waals surface area contributed by atoms with E-state index in [9.17, 15) is 9.18 Å². The van der Waals surface area contributed by atoms with Crippen molar-refractivity contribution in [2.45, 2.75) is 18.9 Å². The van der Waals surface area contributed by atoms with Crippen molar-refractivity contribution in [1.82, 2.24) is 4.57 Å². The van der Waals surface area contributed by atoms with E-state index in [0.29, 0.717) is 23.1 Å². The normalized spacial score (nSPS) is 14.4. The van der Waals surface area contributed by atoms with Crippen molar-refractivity contribution in [1.29, 1.82) is 0 Å². The minimum atomic E-state index is -0.380. The molecule has 1 aromatic carbocycles. The molecule has 5 heteroatoms. The number of hydrogen-bond donors (Lipinski definition) is 2. The lowest BCUT2D eigenvalue weighted by molar-refractivity contribution is 0.101. The van der Waals surface area contributed by atoms with Crippen LogP contribution in [0.25, 0.3) is 0 Å².